The van der Waals surface area contributed by atoms with Crippen molar-refractivity contribution < 1.29 is 4.74 Å². The van der Waals surface area contributed by atoms with Crippen LogP contribution in [0.15, 0.2) is 97.1 Å². The fourth-order valence-corrected chi connectivity index (χ4v) is 5.05. The van der Waals surface area contributed by atoms with Gasteiger partial charge in [-0.25, -0.2) is 0 Å². The summed E-state index contributed by atoms with van der Waals surface area (Å²) in [5.41, 5.74) is 8.46. The number of fused-ring (bicyclic) bond motifs is 5. The molecular weight excluding hydrogens is 392 g/mol. The predicted octanol–water partition coefficient (Wildman–Crippen LogP) is 7.93. The van der Waals surface area contributed by atoms with E-state index in [9.17, 15) is 5.26 Å². The summed E-state index contributed by atoms with van der Waals surface area (Å²) in [6, 6.07) is 35.5. The number of nitrogens with zero attached hydrogens (tertiary/aromatic N) is 2. The van der Waals surface area contributed by atoms with E-state index >= 15 is 0 Å². The Kier molecular flexibility index (Phi) is 3.34. The molecule has 0 radical (unpaired) electrons. The maximum atomic E-state index is 9.68. The second-order valence-corrected chi connectivity index (χ2v) is 8.15. The molecule has 0 bridgehead atoms. The minimum absolute atomic E-state index is 0.676. The van der Waals surface area contributed by atoms with Crippen LogP contribution in [0.4, 0.5) is 17.1 Å². The van der Waals surface area contributed by atoms with Gasteiger partial charge in [-0.05, 0) is 81.6 Å². The van der Waals surface area contributed by atoms with Gasteiger partial charge in [0.2, 0.25) is 0 Å². The van der Waals surface area contributed by atoms with Gasteiger partial charge in [0.05, 0.1) is 23.0 Å². The molecule has 5 aromatic carbocycles. The van der Waals surface area contributed by atoms with Gasteiger partial charge in [0.1, 0.15) is 0 Å². The van der Waals surface area contributed by atoms with Crippen molar-refractivity contribution in [3.8, 4) is 39.8 Å². The number of nitriles is 1. The van der Waals surface area contributed by atoms with Gasteiger partial charge in [-0.15, -0.1) is 0 Å². The van der Waals surface area contributed by atoms with Gasteiger partial charge in [-0.3, -0.25) is 0 Å². The third kappa shape index (κ3) is 2.24. The van der Waals surface area contributed by atoms with Crippen LogP contribution >= 0.6 is 0 Å². The monoisotopic (exact) mass is 408 g/mol. The Balaban J connectivity index is 1.57. The molecule has 0 spiro atoms. The van der Waals surface area contributed by atoms with Gasteiger partial charge in [0.15, 0.2) is 11.5 Å². The third-order valence-electron chi connectivity index (χ3n) is 6.36. The molecule has 1 aliphatic heterocycles. The molecule has 5 aromatic rings. The maximum Gasteiger partial charge on any atom is 0.151 e. The lowest BCUT2D eigenvalue weighted by molar-refractivity contribution is 0.477. The van der Waals surface area contributed by atoms with E-state index in [2.05, 4.69) is 59.5 Å². The highest BCUT2D eigenvalue weighted by atomic mass is 16.5. The van der Waals surface area contributed by atoms with Crippen molar-refractivity contribution in [3.63, 3.8) is 0 Å². The minimum Gasteiger partial charge on any atom is -0.453 e. The SMILES string of the molecule is N#Cc1cc2c3c(cc(N4c5ccccc5Oc5ccccc54)cc3c1)-c1ccccc1-2. The van der Waals surface area contributed by atoms with Crippen LogP contribution in [0.2, 0.25) is 0 Å². The van der Waals surface area contributed by atoms with Crippen molar-refractivity contribution in [2.45, 2.75) is 0 Å². The van der Waals surface area contributed by atoms with E-state index < -0.39 is 0 Å². The zero-order valence-corrected chi connectivity index (χ0v) is 17.0. The number of ether oxygens (including phenoxy) is 1. The van der Waals surface area contributed by atoms with E-state index in [1.165, 1.54) is 22.1 Å². The number of hydrogen-bond acceptors (Lipinski definition) is 3. The molecule has 148 valence electrons. The average Bonchev–Trinajstić information content (AvgIpc) is 3.17. The van der Waals surface area contributed by atoms with Crippen molar-refractivity contribution in [2.24, 2.45) is 0 Å². The Morgan fingerprint density at radius 3 is 1.88 bits per heavy atom. The maximum absolute atomic E-state index is 9.68. The Morgan fingerprint density at radius 2 is 1.22 bits per heavy atom. The van der Waals surface area contributed by atoms with Crippen LogP contribution in [0.25, 0.3) is 33.0 Å². The number of anilines is 3. The van der Waals surface area contributed by atoms with Gasteiger partial charge in [0.25, 0.3) is 0 Å². The Hall–Kier alpha value is -4.55. The minimum atomic E-state index is 0.676. The van der Waals surface area contributed by atoms with Gasteiger partial charge in [-0.2, -0.15) is 5.26 Å². The third-order valence-corrected chi connectivity index (χ3v) is 6.36. The van der Waals surface area contributed by atoms with Crippen molar-refractivity contribution in [1.82, 2.24) is 0 Å². The first-order valence-corrected chi connectivity index (χ1v) is 10.6. The summed E-state index contributed by atoms with van der Waals surface area (Å²) in [7, 11) is 0. The van der Waals surface area contributed by atoms with Gasteiger partial charge in [0, 0.05) is 5.69 Å². The van der Waals surface area contributed by atoms with Crippen LogP contribution in [0.5, 0.6) is 11.5 Å². The van der Waals surface area contributed by atoms with Gasteiger partial charge >= 0.3 is 0 Å². The van der Waals surface area contributed by atoms with E-state index in [-0.39, 0.29) is 0 Å². The predicted molar refractivity (Wildman–Crippen MR) is 128 cm³/mol. The molecule has 1 aliphatic carbocycles. The molecule has 1 heterocycles. The summed E-state index contributed by atoms with van der Waals surface area (Å²) < 4.78 is 6.19. The summed E-state index contributed by atoms with van der Waals surface area (Å²) in [5, 5.41) is 12.0. The zero-order chi connectivity index (χ0) is 21.2. The summed E-state index contributed by atoms with van der Waals surface area (Å²) in [6.07, 6.45) is 0. The molecule has 0 aromatic heterocycles. The number of benzene rings is 5. The topological polar surface area (TPSA) is 36.3 Å². The Bertz CT molecular complexity index is 1580. The summed E-state index contributed by atoms with van der Waals surface area (Å²) in [4.78, 5) is 2.25. The quantitative estimate of drug-likeness (QED) is 0.277. The first-order valence-electron chi connectivity index (χ1n) is 10.6. The average molecular weight is 408 g/mol. The largest absolute Gasteiger partial charge is 0.453 e. The molecule has 2 aliphatic rings. The Labute approximate surface area is 185 Å². The lowest BCUT2D eigenvalue weighted by atomic mass is 9.98. The highest BCUT2D eigenvalue weighted by molar-refractivity contribution is 6.17. The molecule has 32 heavy (non-hydrogen) atoms. The zero-order valence-electron chi connectivity index (χ0n) is 17.0. The fraction of sp³-hybridized carbons (Fsp3) is 0. The standard InChI is InChI=1S/C29H16N2O/c30-17-18-13-19-15-20(16-24-22-8-2-1-7-21(22)23(14-18)29(19)24)31-25-9-3-5-11-27(25)32-28-12-6-4-10-26(28)31/h1-16H. The van der Waals surface area contributed by atoms with E-state index in [1.807, 2.05) is 48.5 Å². The second-order valence-electron chi connectivity index (χ2n) is 8.15. The molecule has 7 rings (SSSR count). The molecule has 0 N–H and O–H groups in total. The van der Waals surface area contributed by atoms with Crippen LogP contribution in [0.3, 0.4) is 0 Å². The van der Waals surface area contributed by atoms with Crippen LogP contribution in [0.1, 0.15) is 5.56 Å². The summed E-state index contributed by atoms with van der Waals surface area (Å²) in [5.74, 6) is 1.66. The normalized spacial score (nSPS) is 12.5. The van der Waals surface area contributed by atoms with Crippen LogP contribution in [0, 0.1) is 11.3 Å². The van der Waals surface area contributed by atoms with E-state index in [1.54, 1.807) is 0 Å². The van der Waals surface area contributed by atoms with E-state index in [4.69, 9.17) is 4.74 Å². The summed E-state index contributed by atoms with van der Waals surface area (Å²) >= 11 is 0. The number of hydrogen-bond donors (Lipinski definition) is 0. The van der Waals surface area contributed by atoms with Crippen LogP contribution in [-0.4, -0.2) is 0 Å². The highest BCUT2D eigenvalue weighted by Gasteiger charge is 2.28. The highest BCUT2D eigenvalue weighted by Crippen LogP contribution is 2.54. The first-order chi connectivity index (χ1) is 15.8. The number of para-hydroxylation sites is 4. The first kappa shape index (κ1) is 17.2. The van der Waals surface area contributed by atoms with E-state index in [0.29, 0.717) is 5.56 Å². The van der Waals surface area contributed by atoms with Crippen molar-refractivity contribution >= 4 is 27.8 Å². The van der Waals surface area contributed by atoms with Crippen LogP contribution < -0.4 is 9.64 Å². The fourth-order valence-electron chi connectivity index (χ4n) is 5.05. The molecule has 0 unspecified atom stereocenters. The second kappa shape index (κ2) is 6.23. The molecule has 0 fully saturated rings. The molecule has 0 atom stereocenters. The molecule has 0 saturated heterocycles. The van der Waals surface area contributed by atoms with Crippen LogP contribution in [-0.2, 0) is 0 Å². The molecule has 0 amide bonds. The lowest BCUT2D eigenvalue weighted by Gasteiger charge is -2.33. The van der Waals surface area contributed by atoms with Gasteiger partial charge in [-0.1, -0.05) is 48.5 Å². The molecule has 0 saturated carbocycles. The molecule has 3 nitrogen and oxygen atoms in total. The Morgan fingerprint density at radius 1 is 0.625 bits per heavy atom. The smallest absolute Gasteiger partial charge is 0.151 e. The molecular formula is C29H16N2O. The van der Waals surface area contributed by atoms with Crippen molar-refractivity contribution in [2.75, 3.05) is 4.90 Å². The van der Waals surface area contributed by atoms with Crippen molar-refractivity contribution in [3.05, 3.63) is 103 Å². The summed E-state index contributed by atoms with van der Waals surface area (Å²) in [6.45, 7) is 0. The van der Waals surface area contributed by atoms with E-state index in [0.717, 1.165) is 39.5 Å². The van der Waals surface area contributed by atoms with Crippen molar-refractivity contribution in [1.29, 1.82) is 5.26 Å². The molecule has 3 heteroatoms. The number of rotatable bonds is 1. The lowest BCUT2D eigenvalue weighted by Crippen LogP contribution is -2.15. The van der Waals surface area contributed by atoms with Gasteiger partial charge < -0.3 is 9.64 Å².